The van der Waals surface area contributed by atoms with Gasteiger partial charge in [-0.3, -0.25) is 14.9 Å². The lowest BCUT2D eigenvalue weighted by Crippen LogP contribution is -2.16. The predicted octanol–water partition coefficient (Wildman–Crippen LogP) is 6.24. The first-order valence-electron chi connectivity index (χ1n) is 12.0. The number of aliphatic hydroxyl groups is 1. The highest BCUT2D eigenvalue weighted by Crippen LogP contribution is 2.37. The summed E-state index contributed by atoms with van der Waals surface area (Å²) in [6.45, 7) is 3.49. The minimum atomic E-state index is -0.636. The molecule has 0 amide bonds. The first-order valence-corrected chi connectivity index (χ1v) is 12.8. The molecule has 5 aromatic heterocycles. The van der Waals surface area contributed by atoms with Crippen LogP contribution in [0.3, 0.4) is 0 Å². The number of ketones is 1. The molecular formula is C28H24N6O2S. The SMILES string of the molecule is CCC(O)Nc1cncc(-c2ccc3[nH]nc(-c4cc5c(-c6ccc(C(C)=O)s6)cccc5[nH]4)c3n2)c1. The summed E-state index contributed by atoms with van der Waals surface area (Å²) in [5.41, 5.74) is 7.50. The topological polar surface area (TPSA) is 120 Å². The third kappa shape index (κ3) is 4.28. The average molecular weight is 509 g/mol. The van der Waals surface area contributed by atoms with E-state index in [9.17, 15) is 9.90 Å². The number of H-pyrrole nitrogens is 2. The molecule has 6 rings (SSSR count). The van der Waals surface area contributed by atoms with Crippen LogP contribution in [0, 0.1) is 0 Å². The molecule has 0 aliphatic carbocycles. The van der Waals surface area contributed by atoms with Crippen molar-refractivity contribution in [3.05, 3.63) is 71.9 Å². The Hall–Kier alpha value is -4.34. The molecule has 184 valence electrons. The van der Waals surface area contributed by atoms with Crippen molar-refractivity contribution in [2.75, 3.05) is 5.32 Å². The lowest BCUT2D eigenvalue weighted by atomic mass is 10.1. The van der Waals surface area contributed by atoms with Crippen molar-refractivity contribution < 1.29 is 9.90 Å². The highest BCUT2D eigenvalue weighted by molar-refractivity contribution is 7.17. The van der Waals surface area contributed by atoms with E-state index in [1.165, 1.54) is 11.3 Å². The van der Waals surface area contributed by atoms with E-state index in [-0.39, 0.29) is 5.78 Å². The summed E-state index contributed by atoms with van der Waals surface area (Å²) >= 11 is 1.50. The highest BCUT2D eigenvalue weighted by atomic mass is 32.1. The van der Waals surface area contributed by atoms with Crippen molar-refractivity contribution in [2.24, 2.45) is 0 Å². The maximum atomic E-state index is 11.8. The number of fused-ring (bicyclic) bond motifs is 2. The first kappa shape index (κ1) is 23.1. The van der Waals surface area contributed by atoms with Crippen molar-refractivity contribution in [2.45, 2.75) is 26.5 Å². The van der Waals surface area contributed by atoms with Crippen LogP contribution < -0.4 is 5.32 Å². The number of carbonyl (C=O) groups is 1. The van der Waals surface area contributed by atoms with Gasteiger partial charge in [0, 0.05) is 33.1 Å². The van der Waals surface area contributed by atoms with Crippen molar-refractivity contribution in [3.8, 4) is 33.1 Å². The van der Waals surface area contributed by atoms with Gasteiger partial charge in [-0.25, -0.2) is 4.98 Å². The van der Waals surface area contributed by atoms with E-state index < -0.39 is 6.23 Å². The number of pyridine rings is 2. The minimum absolute atomic E-state index is 0.0705. The maximum Gasteiger partial charge on any atom is 0.169 e. The number of Topliss-reactive ketones (excluding diaryl/α,β-unsaturated/α-hetero) is 1. The molecule has 0 aliphatic rings. The zero-order chi connectivity index (χ0) is 25.5. The number of benzene rings is 1. The second-order valence-electron chi connectivity index (χ2n) is 8.87. The van der Waals surface area contributed by atoms with E-state index in [1.54, 1.807) is 19.3 Å². The Morgan fingerprint density at radius 3 is 2.81 bits per heavy atom. The molecule has 8 nitrogen and oxygen atoms in total. The molecule has 0 aliphatic heterocycles. The summed E-state index contributed by atoms with van der Waals surface area (Å²) in [6, 6.07) is 17.9. The summed E-state index contributed by atoms with van der Waals surface area (Å²) in [4.78, 5) is 26.3. The molecule has 4 N–H and O–H groups in total. The molecule has 37 heavy (non-hydrogen) atoms. The first-order chi connectivity index (χ1) is 18.0. The van der Waals surface area contributed by atoms with Crippen LogP contribution in [0.1, 0.15) is 29.9 Å². The minimum Gasteiger partial charge on any atom is -0.374 e. The summed E-state index contributed by atoms with van der Waals surface area (Å²) in [5.74, 6) is 0.0705. The van der Waals surface area contributed by atoms with Crippen LogP contribution in [0.4, 0.5) is 5.69 Å². The molecular weight excluding hydrogens is 484 g/mol. The lowest BCUT2D eigenvalue weighted by molar-refractivity contribution is 0.102. The van der Waals surface area contributed by atoms with Crippen LogP contribution in [-0.4, -0.2) is 42.3 Å². The van der Waals surface area contributed by atoms with E-state index in [0.717, 1.165) is 65.6 Å². The fraction of sp³-hybridized carbons (Fsp3) is 0.143. The molecule has 5 heterocycles. The van der Waals surface area contributed by atoms with Gasteiger partial charge in [0.2, 0.25) is 0 Å². The number of rotatable bonds is 7. The number of aliphatic hydroxyl groups excluding tert-OH is 1. The number of nitrogens with zero attached hydrogens (tertiary/aromatic N) is 3. The molecule has 9 heteroatoms. The number of hydrogen-bond acceptors (Lipinski definition) is 7. The third-order valence-electron chi connectivity index (χ3n) is 6.30. The second-order valence-corrected chi connectivity index (χ2v) is 9.95. The molecule has 0 fully saturated rings. The van der Waals surface area contributed by atoms with Crippen molar-refractivity contribution in [1.29, 1.82) is 0 Å². The number of anilines is 1. The zero-order valence-electron chi connectivity index (χ0n) is 20.2. The number of thiophene rings is 1. The van der Waals surface area contributed by atoms with Gasteiger partial charge in [0.1, 0.15) is 17.4 Å². The van der Waals surface area contributed by atoms with Gasteiger partial charge >= 0.3 is 0 Å². The van der Waals surface area contributed by atoms with Gasteiger partial charge in [-0.1, -0.05) is 19.1 Å². The third-order valence-corrected chi connectivity index (χ3v) is 7.52. The zero-order valence-corrected chi connectivity index (χ0v) is 21.1. The molecule has 0 saturated heterocycles. The molecule has 1 atom stereocenters. The second kappa shape index (κ2) is 9.27. The van der Waals surface area contributed by atoms with E-state index in [4.69, 9.17) is 4.98 Å². The Balaban J connectivity index is 1.41. The van der Waals surface area contributed by atoms with Gasteiger partial charge in [-0.05, 0) is 55.8 Å². The van der Waals surface area contributed by atoms with Crippen LogP contribution in [0.5, 0.6) is 0 Å². The normalized spacial score (nSPS) is 12.3. The summed E-state index contributed by atoms with van der Waals surface area (Å²) in [6.07, 6.45) is 3.38. The number of carbonyl (C=O) groups excluding carboxylic acids is 1. The molecule has 0 spiro atoms. The Bertz CT molecular complexity index is 1770. The monoisotopic (exact) mass is 508 g/mol. The molecule has 6 aromatic rings. The Morgan fingerprint density at radius 1 is 1.11 bits per heavy atom. The van der Waals surface area contributed by atoms with Crippen molar-refractivity contribution >= 4 is 44.7 Å². The number of hydrogen-bond donors (Lipinski definition) is 4. The fourth-order valence-electron chi connectivity index (χ4n) is 4.37. The van der Waals surface area contributed by atoms with Gasteiger partial charge < -0.3 is 15.4 Å². The van der Waals surface area contributed by atoms with E-state index in [0.29, 0.717) is 6.42 Å². The summed E-state index contributed by atoms with van der Waals surface area (Å²) < 4.78 is 0. The van der Waals surface area contributed by atoms with Gasteiger partial charge in [-0.15, -0.1) is 11.3 Å². The number of aromatic amines is 2. The van der Waals surface area contributed by atoms with Crippen molar-refractivity contribution in [1.82, 2.24) is 25.1 Å². The summed E-state index contributed by atoms with van der Waals surface area (Å²) in [7, 11) is 0. The Morgan fingerprint density at radius 2 is 2.00 bits per heavy atom. The maximum absolute atomic E-state index is 11.8. The summed E-state index contributed by atoms with van der Waals surface area (Å²) in [5, 5.41) is 21.7. The quantitative estimate of drug-likeness (QED) is 0.150. The number of aromatic nitrogens is 5. The standard InChI is InChI=1S/C28H24N6O2S/c1-3-26(36)30-17-11-16(13-29-14-17)20-7-8-22-27(32-20)28(34-33-22)23-12-19-18(5-4-6-21(19)31-23)25-10-9-24(37-25)15(2)35/h4-14,26,30-31,36H,3H2,1-2H3,(H,33,34). The van der Waals surface area contributed by atoms with Gasteiger partial charge in [0.25, 0.3) is 0 Å². The molecule has 1 aromatic carbocycles. The van der Waals surface area contributed by atoms with Crippen LogP contribution >= 0.6 is 11.3 Å². The smallest absolute Gasteiger partial charge is 0.169 e. The Labute approximate surface area is 216 Å². The van der Waals surface area contributed by atoms with Crippen LogP contribution in [0.2, 0.25) is 0 Å². The fourth-order valence-corrected chi connectivity index (χ4v) is 5.31. The van der Waals surface area contributed by atoms with Gasteiger partial charge in [0.05, 0.1) is 33.7 Å². The lowest BCUT2D eigenvalue weighted by Gasteiger charge is -2.12. The van der Waals surface area contributed by atoms with Crippen LogP contribution in [0.25, 0.3) is 55.0 Å². The van der Waals surface area contributed by atoms with E-state index >= 15 is 0 Å². The van der Waals surface area contributed by atoms with Gasteiger partial charge in [0.15, 0.2) is 5.78 Å². The average Bonchev–Trinajstić information content (AvgIpc) is 3.66. The largest absolute Gasteiger partial charge is 0.374 e. The molecule has 0 saturated carbocycles. The highest BCUT2D eigenvalue weighted by Gasteiger charge is 2.16. The van der Waals surface area contributed by atoms with E-state index in [2.05, 4.69) is 37.6 Å². The van der Waals surface area contributed by atoms with Gasteiger partial charge in [-0.2, -0.15) is 5.10 Å². The predicted molar refractivity (Wildman–Crippen MR) is 148 cm³/mol. The molecule has 0 bridgehead atoms. The molecule has 0 radical (unpaired) electrons. The van der Waals surface area contributed by atoms with Crippen LogP contribution in [-0.2, 0) is 0 Å². The number of nitrogens with one attached hydrogen (secondary N) is 3. The molecule has 1 unspecified atom stereocenters. The van der Waals surface area contributed by atoms with Crippen molar-refractivity contribution in [3.63, 3.8) is 0 Å². The Kier molecular flexibility index (Phi) is 5.78. The van der Waals surface area contributed by atoms with Crippen LogP contribution in [0.15, 0.2) is 67.0 Å². The van der Waals surface area contributed by atoms with E-state index in [1.807, 2.05) is 49.4 Å².